The van der Waals surface area contributed by atoms with Crippen LogP contribution in [0.4, 0.5) is 5.69 Å². The number of aromatic nitrogens is 1. The molecule has 8 heteroatoms. The van der Waals surface area contributed by atoms with Gasteiger partial charge in [0.1, 0.15) is 19.0 Å². The van der Waals surface area contributed by atoms with E-state index < -0.39 is 0 Å². The molecule has 0 bridgehead atoms. The second-order valence-electron chi connectivity index (χ2n) is 8.08. The Morgan fingerprint density at radius 1 is 1.03 bits per heavy atom. The SMILES string of the molecule is CCc1ccccc1NC(=S)N(Cc1ccco1)Cc1cc2cc3c(cc2[nH]c1=O)OCCO3. The zero-order valence-corrected chi connectivity index (χ0v) is 19.6. The highest BCUT2D eigenvalue weighted by atomic mass is 32.1. The van der Waals surface area contributed by atoms with Gasteiger partial charge in [0.15, 0.2) is 16.6 Å². The van der Waals surface area contributed by atoms with Gasteiger partial charge in [-0.3, -0.25) is 4.79 Å². The Morgan fingerprint density at radius 2 is 1.82 bits per heavy atom. The molecule has 3 heterocycles. The number of fused-ring (bicyclic) bond motifs is 2. The molecular formula is C26H25N3O4S. The molecule has 34 heavy (non-hydrogen) atoms. The molecule has 7 nitrogen and oxygen atoms in total. The molecule has 0 atom stereocenters. The number of para-hydroxylation sites is 1. The highest BCUT2D eigenvalue weighted by molar-refractivity contribution is 7.80. The average molecular weight is 476 g/mol. The summed E-state index contributed by atoms with van der Waals surface area (Å²) in [4.78, 5) is 17.9. The lowest BCUT2D eigenvalue weighted by molar-refractivity contribution is 0.172. The summed E-state index contributed by atoms with van der Waals surface area (Å²) in [7, 11) is 0. The van der Waals surface area contributed by atoms with E-state index in [4.69, 9.17) is 26.1 Å². The van der Waals surface area contributed by atoms with Crippen molar-refractivity contribution >= 4 is 33.9 Å². The van der Waals surface area contributed by atoms with Crippen molar-refractivity contribution in [1.82, 2.24) is 9.88 Å². The van der Waals surface area contributed by atoms with E-state index in [1.807, 2.05) is 53.4 Å². The van der Waals surface area contributed by atoms with Crippen molar-refractivity contribution in [2.24, 2.45) is 0 Å². The van der Waals surface area contributed by atoms with Gasteiger partial charge in [0.05, 0.1) is 24.9 Å². The first-order valence-electron chi connectivity index (χ1n) is 11.2. The van der Waals surface area contributed by atoms with E-state index in [-0.39, 0.29) is 5.56 Å². The number of H-pyrrole nitrogens is 1. The summed E-state index contributed by atoms with van der Waals surface area (Å²) in [5, 5.41) is 4.74. The maximum atomic E-state index is 13.0. The topological polar surface area (TPSA) is 79.7 Å². The summed E-state index contributed by atoms with van der Waals surface area (Å²) in [5.41, 5.74) is 3.23. The lowest BCUT2D eigenvalue weighted by Crippen LogP contribution is -2.35. The van der Waals surface area contributed by atoms with Crippen LogP contribution in [0.15, 0.2) is 70.1 Å². The minimum atomic E-state index is -0.176. The van der Waals surface area contributed by atoms with E-state index in [1.54, 1.807) is 6.26 Å². The highest BCUT2D eigenvalue weighted by Crippen LogP contribution is 2.33. The molecule has 5 rings (SSSR count). The van der Waals surface area contributed by atoms with Crippen LogP contribution in [-0.4, -0.2) is 28.2 Å². The molecule has 0 fully saturated rings. The van der Waals surface area contributed by atoms with Gasteiger partial charge in [-0.05, 0) is 54.5 Å². The van der Waals surface area contributed by atoms with Crippen molar-refractivity contribution in [1.29, 1.82) is 0 Å². The lowest BCUT2D eigenvalue weighted by atomic mass is 10.1. The van der Waals surface area contributed by atoms with E-state index in [2.05, 4.69) is 23.3 Å². The van der Waals surface area contributed by atoms with Crippen LogP contribution in [-0.2, 0) is 19.5 Å². The summed E-state index contributed by atoms with van der Waals surface area (Å²) in [5.74, 6) is 2.07. The lowest BCUT2D eigenvalue weighted by Gasteiger charge is -2.26. The molecule has 1 aliphatic rings. The molecule has 174 valence electrons. The summed E-state index contributed by atoms with van der Waals surface area (Å²) in [6, 6.07) is 17.4. The molecule has 1 aliphatic heterocycles. The zero-order valence-electron chi connectivity index (χ0n) is 18.8. The number of aromatic amines is 1. The summed E-state index contributed by atoms with van der Waals surface area (Å²) in [6.07, 6.45) is 2.51. The van der Waals surface area contributed by atoms with Crippen molar-refractivity contribution in [3.63, 3.8) is 0 Å². The fourth-order valence-corrected chi connectivity index (χ4v) is 4.29. The molecular weight excluding hydrogens is 450 g/mol. The number of thiocarbonyl (C=S) groups is 1. The third-order valence-corrected chi connectivity index (χ3v) is 6.16. The number of hydrogen-bond donors (Lipinski definition) is 2. The van der Waals surface area contributed by atoms with E-state index in [1.165, 1.54) is 5.56 Å². The second-order valence-corrected chi connectivity index (χ2v) is 8.47. The van der Waals surface area contributed by atoms with Gasteiger partial charge in [-0.1, -0.05) is 25.1 Å². The highest BCUT2D eigenvalue weighted by Gasteiger charge is 2.18. The standard InChI is InChI=1S/C26H25N3O4S/c1-2-17-6-3-4-8-21(17)28-26(34)29(16-20-7-5-9-31-20)15-19-12-18-13-23-24(33-11-10-32-23)14-22(18)27-25(19)30/h3-9,12-14H,2,10-11,15-16H2,1H3,(H,27,30)(H,28,34). The fourth-order valence-electron chi connectivity index (χ4n) is 4.05. The number of benzene rings is 2. The van der Waals surface area contributed by atoms with Gasteiger partial charge >= 0.3 is 0 Å². The number of nitrogens with one attached hydrogen (secondary N) is 2. The molecule has 0 amide bonds. The molecule has 2 aromatic carbocycles. The Labute approximate surface area is 202 Å². The molecule has 0 radical (unpaired) electrons. The maximum Gasteiger partial charge on any atom is 0.253 e. The number of furan rings is 1. The van der Waals surface area contributed by atoms with Gasteiger partial charge in [-0.25, -0.2) is 0 Å². The molecule has 2 aromatic heterocycles. The Balaban J connectivity index is 1.46. The fraction of sp³-hybridized carbons (Fsp3) is 0.231. The smallest absolute Gasteiger partial charge is 0.253 e. The van der Waals surface area contributed by atoms with Gasteiger partial charge in [-0.2, -0.15) is 0 Å². The van der Waals surface area contributed by atoms with Gasteiger partial charge in [0.2, 0.25) is 0 Å². The second kappa shape index (κ2) is 9.61. The molecule has 0 spiro atoms. The average Bonchev–Trinajstić information content (AvgIpc) is 3.36. The van der Waals surface area contributed by atoms with Crippen LogP contribution in [0.5, 0.6) is 11.5 Å². The Kier molecular flexibility index (Phi) is 6.22. The van der Waals surface area contributed by atoms with E-state index in [0.29, 0.717) is 54.0 Å². The first-order chi connectivity index (χ1) is 16.6. The van der Waals surface area contributed by atoms with Crippen LogP contribution < -0.4 is 20.3 Å². The van der Waals surface area contributed by atoms with Crippen LogP contribution in [0.25, 0.3) is 10.9 Å². The predicted molar refractivity (Wildman–Crippen MR) is 136 cm³/mol. The molecule has 4 aromatic rings. The molecule has 0 saturated heterocycles. The van der Waals surface area contributed by atoms with E-state index in [0.717, 1.165) is 23.3 Å². The largest absolute Gasteiger partial charge is 0.486 e. The third kappa shape index (κ3) is 4.63. The number of pyridine rings is 1. The van der Waals surface area contributed by atoms with Crippen molar-refractivity contribution < 1.29 is 13.9 Å². The van der Waals surface area contributed by atoms with Gasteiger partial charge in [-0.15, -0.1) is 0 Å². The van der Waals surface area contributed by atoms with Gasteiger partial charge in [0.25, 0.3) is 5.56 Å². The minimum absolute atomic E-state index is 0.176. The van der Waals surface area contributed by atoms with Gasteiger partial charge in [0, 0.05) is 22.7 Å². The first kappa shape index (κ1) is 22.0. The summed E-state index contributed by atoms with van der Waals surface area (Å²) in [6.45, 7) is 3.83. The quantitative estimate of drug-likeness (QED) is 0.386. The monoisotopic (exact) mass is 475 g/mol. The normalized spacial score (nSPS) is 12.5. The van der Waals surface area contributed by atoms with Crippen LogP contribution in [0, 0.1) is 0 Å². The van der Waals surface area contributed by atoms with Crippen LogP contribution in [0.1, 0.15) is 23.8 Å². The Morgan fingerprint density at radius 3 is 2.59 bits per heavy atom. The number of aryl methyl sites for hydroxylation is 1. The number of hydrogen-bond acceptors (Lipinski definition) is 5. The zero-order chi connectivity index (χ0) is 23.5. The van der Waals surface area contributed by atoms with Crippen LogP contribution in [0.2, 0.25) is 0 Å². The number of rotatable bonds is 6. The number of anilines is 1. The van der Waals surface area contributed by atoms with Crippen molar-refractivity contribution in [2.75, 3.05) is 18.5 Å². The maximum absolute atomic E-state index is 13.0. The molecule has 0 saturated carbocycles. The third-order valence-electron chi connectivity index (χ3n) is 5.80. The molecule has 2 N–H and O–H groups in total. The van der Waals surface area contributed by atoms with Crippen LogP contribution in [0.3, 0.4) is 0 Å². The predicted octanol–water partition coefficient (Wildman–Crippen LogP) is 4.85. The Bertz CT molecular complexity index is 1380. The van der Waals surface area contributed by atoms with Crippen LogP contribution >= 0.6 is 12.2 Å². The summed E-state index contributed by atoms with van der Waals surface area (Å²) < 4.78 is 16.9. The minimum Gasteiger partial charge on any atom is -0.486 e. The number of ether oxygens (including phenoxy) is 2. The first-order valence-corrected chi connectivity index (χ1v) is 11.6. The molecule has 0 aliphatic carbocycles. The van der Waals surface area contributed by atoms with Crippen molar-refractivity contribution in [2.45, 2.75) is 26.4 Å². The van der Waals surface area contributed by atoms with Crippen molar-refractivity contribution in [3.05, 3.63) is 88.1 Å². The number of nitrogens with zero attached hydrogens (tertiary/aromatic N) is 1. The van der Waals surface area contributed by atoms with Gasteiger partial charge < -0.3 is 29.1 Å². The van der Waals surface area contributed by atoms with Crippen molar-refractivity contribution in [3.8, 4) is 11.5 Å². The van der Waals surface area contributed by atoms with E-state index >= 15 is 0 Å². The summed E-state index contributed by atoms with van der Waals surface area (Å²) >= 11 is 5.78. The Hall–Kier alpha value is -3.78. The molecule has 0 unspecified atom stereocenters. The van der Waals surface area contributed by atoms with E-state index in [9.17, 15) is 4.79 Å².